The molecule has 4 heteroatoms. The van der Waals surface area contributed by atoms with Crippen molar-refractivity contribution in [1.29, 1.82) is 0 Å². The first kappa shape index (κ1) is 12.4. The zero-order valence-corrected chi connectivity index (χ0v) is 11.4. The molecule has 2 aliphatic rings. The first-order chi connectivity index (χ1) is 9.43. The number of rotatable bonds is 0. The third-order valence-corrected chi connectivity index (χ3v) is 3.98. The van der Waals surface area contributed by atoms with E-state index in [1.54, 1.807) is 0 Å². The van der Waals surface area contributed by atoms with E-state index in [0.29, 0.717) is 0 Å². The van der Waals surface area contributed by atoms with E-state index in [0.717, 1.165) is 24.6 Å². The molecule has 19 heavy (non-hydrogen) atoms. The van der Waals surface area contributed by atoms with Crippen LogP contribution in [0.2, 0.25) is 0 Å². The van der Waals surface area contributed by atoms with Gasteiger partial charge in [0.1, 0.15) is 5.75 Å². The van der Waals surface area contributed by atoms with Crippen molar-refractivity contribution in [3.8, 4) is 5.75 Å². The first-order valence-electron chi connectivity index (χ1n) is 6.37. The van der Waals surface area contributed by atoms with Gasteiger partial charge in [-0.1, -0.05) is 30.3 Å². The molecule has 0 spiro atoms. The van der Waals surface area contributed by atoms with Crippen LogP contribution in [0.25, 0.3) is 0 Å². The first-order valence-corrected chi connectivity index (χ1v) is 7.35. The molecule has 2 heterocycles. The molecule has 0 aliphatic carbocycles. The molecule has 4 rings (SSSR count). The summed E-state index contributed by atoms with van der Waals surface area (Å²) in [5, 5.41) is 3.26. The summed E-state index contributed by atoms with van der Waals surface area (Å²) >= 11 is 1.86. The Labute approximate surface area is 117 Å². The summed E-state index contributed by atoms with van der Waals surface area (Å²) in [6, 6.07) is 16.4. The predicted octanol–water partition coefficient (Wildman–Crippen LogP) is 3.29. The summed E-state index contributed by atoms with van der Waals surface area (Å²) in [6.45, 7) is 0.914. The Kier molecular flexibility index (Phi) is 3.91. The standard InChI is InChI=1S/C8H9NO.C7H7NS/c1-2-4-8-7(3-1)5-6-9-10-8;1-2-4-7-6(3-1)8-5-9-7/h1-4,9H,5-6H2;1-4,8H,5H2. The minimum Gasteiger partial charge on any atom is -0.408 e. The summed E-state index contributed by atoms with van der Waals surface area (Å²) in [5.41, 5.74) is 5.41. The van der Waals surface area contributed by atoms with Gasteiger partial charge in [-0.05, 0) is 30.2 Å². The highest BCUT2D eigenvalue weighted by Gasteiger charge is 2.07. The van der Waals surface area contributed by atoms with Gasteiger partial charge in [0.15, 0.2) is 0 Å². The third-order valence-electron chi connectivity index (χ3n) is 3.03. The van der Waals surface area contributed by atoms with Crippen LogP contribution in [0.5, 0.6) is 5.75 Å². The summed E-state index contributed by atoms with van der Waals surface area (Å²) < 4.78 is 0. The van der Waals surface area contributed by atoms with Crippen LogP contribution in [-0.2, 0) is 6.42 Å². The van der Waals surface area contributed by atoms with Crippen LogP contribution in [0.1, 0.15) is 5.56 Å². The van der Waals surface area contributed by atoms with Crippen molar-refractivity contribution >= 4 is 17.4 Å². The highest BCUT2D eigenvalue weighted by atomic mass is 32.2. The van der Waals surface area contributed by atoms with Crippen molar-refractivity contribution in [2.75, 3.05) is 17.7 Å². The molecule has 0 radical (unpaired) electrons. The molecule has 0 unspecified atom stereocenters. The number of benzene rings is 2. The average Bonchev–Trinajstić information content (AvgIpc) is 2.96. The van der Waals surface area contributed by atoms with Crippen LogP contribution in [0.4, 0.5) is 5.69 Å². The Morgan fingerprint density at radius 2 is 1.84 bits per heavy atom. The van der Waals surface area contributed by atoms with Gasteiger partial charge in [0.2, 0.25) is 0 Å². The number of hydrogen-bond donors (Lipinski definition) is 2. The largest absolute Gasteiger partial charge is 0.408 e. The Bertz CT molecular complexity index is 511. The quantitative estimate of drug-likeness (QED) is 0.771. The van der Waals surface area contributed by atoms with E-state index < -0.39 is 0 Å². The van der Waals surface area contributed by atoms with Crippen molar-refractivity contribution in [2.45, 2.75) is 11.3 Å². The van der Waals surface area contributed by atoms with E-state index in [1.807, 2.05) is 30.0 Å². The molecule has 0 saturated heterocycles. The molecule has 98 valence electrons. The Morgan fingerprint density at radius 1 is 1.00 bits per heavy atom. The lowest BCUT2D eigenvalue weighted by Gasteiger charge is -2.16. The predicted molar refractivity (Wildman–Crippen MR) is 79.6 cm³/mol. The van der Waals surface area contributed by atoms with Crippen LogP contribution in [-0.4, -0.2) is 12.4 Å². The van der Waals surface area contributed by atoms with Gasteiger partial charge in [-0.25, -0.2) is 0 Å². The monoisotopic (exact) mass is 272 g/mol. The van der Waals surface area contributed by atoms with E-state index in [2.05, 4.69) is 41.1 Å². The number of anilines is 1. The number of para-hydroxylation sites is 2. The van der Waals surface area contributed by atoms with Crippen LogP contribution >= 0.6 is 11.8 Å². The molecule has 2 aromatic rings. The zero-order chi connectivity index (χ0) is 12.9. The fourth-order valence-electron chi connectivity index (χ4n) is 2.05. The molecule has 0 amide bonds. The zero-order valence-electron chi connectivity index (χ0n) is 10.6. The molecular formula is C15H16N2OS. The number of thioether (sulfide) groups is 1. The fourth-order valence-corrected chi connectivity index (χ4v) is 2.91. The summed E-state index contributed by atoms with van der Waals surface area (Å²) in [6.07, 6.45) is 1.07. The maximum atomic E-state index is 5.17. The molecule has 2 aliphatic heterocycles. The molecule has 3 nitrogen and oxygen atoms in total. The maximum absolute atomic E-state index is 5.17. The van der Waals surface area contributed by atoms with E-state index in [-0.39, 0.29) is 0 Å². The van der Waals surface area contributed by atoms with Crippen molar-refractivity contribution in [1.82, 2.24) is 5.48 Å². The molecule has 0 fully saturated rings. The number of fused-ring (bicyclic) bond motifs is 2. The lowest BCUT2D eigenvalue weighted by molar-refractivity contribution is 0.180. The summed E-state index contributed by atoms with van der Waals surface area (Å²) in [5.74, 6) is 1.99. The van der Waals surface area contributed by atoms with Gasteiger partial charge in [0, 0.05) is 17.1 Å². The lowest BCUT2D eigenvalue weighted by atomic mass is 10.1. The minimum atomic E-state index is 0.914. The van der Waals surface area contributed by atoms with Crippen molar-refractivity contribution in [3.05, 3.63) is 54.1 Å². The lowest BCUT2D eigenvalue weighted by Crippen LogP contribution is -2.26. The van der Waals surface area contributed by atoms with E-state index in [9.17, 15) is 0 Å². The van der Waals surface area contributed by atoms with Gasteiger partial charge in [-0.15, -0.1) is 11.8 Å². The highest BCUT2D eigenvalue weighted by molar-refractivity contribution is 7.99. The van der Waals surface area contributed by atoms with Gasteiger partial charge < -0.3 is 10.2 Å². The summed E-state index contributed by atoms with van der Waals surface area (Å²) in [4.78, 5) is 6.55. The van der Waals surface area contributed by atoms with Crippen LogP contribution in [0.15, 0.2) is 53.4 Å². The fraction of sp³-hybridized carbons (Fsp3) is 0.200. The van der Waals surface area contributed by atoms with Crippen molar-refractivity contribution in [2.24, 2.45) is 0 Å². The SMILES string of the molecule is c1ccc2c(c1)CCNO2.c1ccc2c(c1)NCS2. The van der Waals surface area contributed by atoms with Gasteiger partial charge in [-0.3, -0.25) is 0 Å². The van der Waals surface area contributed by atoms with Gasteiger partial charge in [0.05, 0.1) is 5.88 Å². The smallest absolute Gasteiger partial charge is 0.150 e. The van der Waals surface area contributed by atoms with Crippen molar-refractivity contribution < 1.29 is 4.84 Å². The Hall–Kier alpha value is -1.65. The third kappa shape index (κ3) is 3.03. The maximum Gasteiger partial charge on any atom is 0.150 e. The topological polar surface area (TPSA) is 33.3 Å². The summed E-state index contributed by atoms with van der Waals surface area (Å²) in [7, 11) is 0. The van der Waals surface area contributed by atoms with Crippen LogP contribution in [0.3, 0.4) is 0 Å². The second kappa shape index (κ2) is 5.99. The molecule has 0 atom stereocenters. The molecule has 0 aromatic heterocycles. The molecule has 0 bridgehead atoms. The minimum absolute atomic E-state index is 0.914. The van der Waals surface area contributed by atoms with E-state index in [4.69, 9.17) is 4.84 Å². The second-order valence-corrected chi connectivity index (χ2v) is 5.33. The van der Waals surface area contributed by atoms with E-state index in [1.165, 1.54) is 16.1 Å². The van der Waals surface area contributed by atoms with E-state index >= 15 is 0 Å². The molecule has 2 aromatic carbocycles. The Balaban J connectivity index is 0.000000117. The number of hydroxylamine groups is 1. The normalized spacial score (nSPS) is 15.2. The van der Waals surface area contributed by atoms with Crippen LogP contribution in [0, 0.1) is 0 Å². The number of nitrogens with one attached hydrogen (secondary N) is 2. The van der Waals surface area contributed by atoms with Crippen LogP contribution < -0.4 is 15.6 Å². The molecule has 2 N–H and O–H groups in total. The van der Waals surface area contributed by atoms with Crippen molar-refractivity contribution in [3.63, 3.8) is 0 Å². The van der Waals surface area contributed by atoms with Gasteiger partial charge in [-0.2, -0.15) is 5.48 Å². The van der Waals surface area contributed by atoms with Gasteiger partial charge >= 0.3 is 0 Å². The van der Waals surface area contributed by atoms with Gasteiger partial charge in [0.25, 0.3) is 0 Å². The number of hydrogen-bond acceptors (Lipinski definition) is 4. The molecule has 0 saturated carbocycles. The average molecular weight is 272 g/mol. The Morgan fingerprint density at radius 3 is 2.74 bits per heavy atom. The molecular weight excluding hydrogens is 256 g/mol. The highest BCUT2D eigenvalue weighted by Crippen LogP contribution is 2.32. The second-order valence-electron chi connectivity index (χ2n) is 4.32.